The number of pyridine rings is 1. The van der Waals surface area contributed by atoms with Crippen LogP contribution in [0.4, 0.5) is 0 Å². The van der Waals surface area contributed by atoms with Crippen LogP contribution in [0.3, 0.4) is 0 Å². The number of hydrogen-bond donors (Lipinski definition) is 4. The number of phenolic OH excluding ortho intramolecular Hbond substituents is 1. The van der Waals surface area contributed by atoms with E-state index in [1.165, 1.54) is 0 Å². The van der Waals surface area contributed by atoms with Gasteiger partial charge >= 0.3 is 0 Å². The summed E-state index contributed by atoms with van der Waals surface area (Å²) in [5.74, 6) is 0.0373. The predicted molar refractivity (Wildman–Crippen MR) is 94.2 cm³/mol. The molecule has 0 aliphatic heterocycles. The molecule has 2 heterocycles. The van der Waals surface area contributed by atoms with Crippen molar-refractivity contribution < 1.29 is 9.90 Å². The monoisotopic (exact) mass is 337 g/mol. The lowest BCUT2D eigenvalue weighted by Gasteiger charge is -2.33. The summed E-state index contributed by atoms with van der Waals surface area (Å²) in [6.07, 6.45) is 1.60. The average Bonchev–Trinajstić information content (AvgIpc) is 2.94. The van der Waals surface area contributed by atoms with Crippen molar-refractivity contribution in [2.75, 3.05) is 0 Å². The highest BCUT2D eigenvalue weighted by atomic mass is 16.3. The van der Waals surface area contributed by atoms with Crippen LogP contribution in [-0.4, -0.2) is 38.3 Å². The third-order valence-electron chi connectivity index (χ3n) is 4.63. The van der Waals surface area contributed by atoms with Crippen LogP contribution in [0.1, 0.15) is 28.9 Å². The lowest BCUT2D eigenvalue weighted by molar-refractivity contribution is 0.0912. The minimum absolute atomic E-state index is 0.120. The van der Waals surface area contributed by atoms with Crippen molar-refractivity contribution >= 4 is 16.9 Å². The Morgan fingerprint density at radius 1 is 1.32 bits per heavy atom. The molecule has 7 heteroatoms. The van der Waals surface area contributed by atoms with Crippen LogP contribution in [0.15, 0.2) is 30.3 Å². The van der Waals surface area contributed by atoms with Gasteiger partial charge in [0.15, 0.2) is 5.65 Å². The number of nitrogens with zero attached hydrogens (tertiary/aromatic N) is 2. The fraction of sp³-hybridized carbons (Fsp3) is 0.278. The van der Waals surface area contributed by atoms with Crippen molar-refractivity contribution in [3.05, 3.63) is 41.6 Å². The van der Waals surface area contributed by atoms with Crippen molar-refractivity contribution in [1.82, 2.24) is 20.5 Å². The number of hydrogen-bond acceptors (Lipinski definition) is 5. The molecule has 0 saturated heterocycles. The van der Waals surface area contributed by atoms with Crippen LogP contribution in [-0.2, 0) is 0 Å². The molecule has 1 fully saturated rings. The minimum Gasteiger partial charge on any atom is -0.508 e. The number of fused-ring (bicyclic) bond motifs is 1. The van der Waals surface area contributed by atoms with E-state index in [9.17, 15) is 9.90 Å². The second kappa shape index (κ2) is 5.86. The number of benzene rings is 1. The molecular weight excluding hydrogens is 318 g/mol. The Hall–Kier alpha value is -2.93. The van der Waals surface area contributed by atoms with Gasteiger partial charge in [-0.25, -0.2) is 4.98 Å². The zero-order valence-electron chi connectivity index (χ0n) is 13.8. The maximum absolute atomic E-state index is 12.8. The topological polar surface area (TPSA) is 117 Å². The SMILES string of the molecule is Cc1n[nH]c2nc(-c3ccc(O)cc3)cc(C(=O)N[C@H]3C[C@H](N)C3)c12. The van der Waals surface area contributed by atoms with E-state index in [0.29, 0.717) is 16.9 Å². The van der Waals surface area contributed by atoms with Gasteiger partial charge in [-0.05, 0) is 50.1 Å². The maximum atomic E-state index is 12.8. The standard InChI is InChI=1S/C18H19N5O2/c1-9-16-14(18(25)20-12-6-11(19)7-12)8-15(21-17(16)23-22-9)10-2-4-13(24)5-3-10/h2-5,8,11-12,24H,6-7,19H2,1H3,(H,20,25)(H,21,22,23)/t11-,12-. The summed E-state index contributed by atoms with van der Waals surface area (Å²) in [6, 6.07) is 8.77. The second-order valence-corrected chi connectivity index (χ2v) is 6.54. The van der Waals surface area contributed by atoms with E-state index in [2.05, 4.69) is 20.5 Å². The summed E-state index contributed by atoms with van der Waals surface area (Å²) in [5, 5.41) is 20.3. The quantitative estimate of drug-likeness (QED) is 0.582. The van der Waals surface area contributed by atoms with Gasteiger partial charge in [0, 0.05) is 17.6 Å². The number of nitrogens with two attached hydrogens (primary N) is 1. The number of carbonyl (C=O) groups is 1. The van der Waals surface area contributed by atoms with Gasteiger partial charge in [-0.15, -0.1) is 0 Å². The molecule has 1 aliphatic rings. The van der Waals surface area contributed by atoms with E-state index in [4.69, 9.17) is 5.73 Å². The number of aromatic amines is 1. The van der Waals surface area contributed by atoms with Crippen LogP contribution in [0.2, 0.25) is 0 Å². The number of H-pyrrole nitrogens is 1. The lowest BCUT2D eigenvalue weighted by Crippen LogP contribution is -2.50. The molecular formula is C18H19N5O2. The lowest BCUT2D eigenvalue weighted by atomic mass is 9.87. The molecule has 4 rings (SSSR count). The molecule has 0 unspecified atom stereocenters. The Kier molecular flexibility index (Phi) is 3.65. The number of aryl methyl sites for hydroxylation is 1. The summed E-state index contributed by atoms with van der Waals surface area (Å²) < 4.78 is 0. The van der Waals surface area contributed by atoms with Crippen LogP contribution in [0.25, 0.3) is 22.3 Å². The van der Waals surface area contributed by atoms with Gasteiger partial charge in [0.25, 0.3) is 5.91 Å². The van der Waals surface area contributed by atoms with Crippen LogP contribution >= 0.6 is 0 Å². The van der Waals surface area contributed by atoms with Crippen molar-refractivity contribution in [2.24, 2.45) is 5.73 Å². The van der Waals surface area contributed by atoms with E-state index in [1.807, 2.05) is 6.92 Å². The van der Waals surface area contributed by atoms with Crippen molar-refractivity contribution in [2.45, 2.75) is 31.8 Å². The molecule has 0 bridgehead atoms. The van der Waals surface area contributed by atoms with Crippen molar-refractivity contribution in [1.29, 1.82) is 0 Å². The molecule has 1 saturated carbocycles. The smallest absolute Gasteiger partial charge is 0.252 e. The summed E-state index contributed by atoms with van der Waals surface area (Å²) in [6.45, 7) is 1.84. The highest BCUT2D eigenvalue weighted by molar-refractivity contribution is 6.07. The van der Waals surface area contributed by atoms with E-state index in [-0.39, 0.29) is 23.7 Å². The fourth-order valence-corrected chi connectivity index (χ4v) is 3.19. The van der Waals surface area contributed by atoms with Gasteiger partial charge in [0.1, 0.15) is 5.75 Å². The molecule has 25 heavy (non-hydrogen) atoms. The Morgan fingerprint density at radius 2 is 2.04 bits per heavy atom. The zero-order chi connectivity index (χ0) is 17.6. The fourth-order valence-electron chi connectivity index (χ4n) is 3.19. The van der Waals surface area contributed by atoms with Gasteiger partial charge in [-0.1, -0.05) is 0 Å². The number of aromatic hydroxyl groups is 1. The first kappa shape index (κ1) is 15.6. The van der Waals surface area contributed by atoms with Gasteiger partial charge < -0.3 is 16.2 Å². The van der Waals surface area contributed by atoms with Gasteiger partial charge in [0.05, 0.1) is 22.3 Å². The predicted octanol–water partition coefficient (Wildman–Crippen LogP) is 1.86. The number of rotatable bonds is 3. The van der Waals surface area contributed by atoms with E-state index in [0.717, 1.165) is 29.5 Å². The number of nitrogens with one attached hydrogen (secondary N) is 2. The summed E-state index contributed by atoms with van der Waals surface area (Å²) in [7, 11) is 0. The van der Waals surface area contributed by atoms with E-state index < -0.39 is 0 Å². The molecule has 1 aromatic carbocycles. The molecule has 0 atom stereocenters. The Labute approximate surface area is 144 Å². The van der Waals surface area contributed by atoms with Crippen molar-refractivity contribution in [3.8, 4) is 17.0 Å². The normalized spacial score (nSPS) is 19.6. The highest BCUT2D eigenvalue weighted by Gasteiger charge is 2.28. The van der Waals surface area contributed by atoms with E-state index in [1.54, 1.807) is 30.3 Å². The first-order valence-electron chi connectivity index (χ1n) is 8.23. The molecule has 1 amide bonds. The van der Waals surface area contributed by atoms with Crippen LogP contribution in [0, 0.1) is 6.92 Å². The summed E-state index contributed by atoms with van der Waals surface area (Å²) in [4.78, 5) is 17.4. The van der Waals surface area contributed by atoms with Crippen LogP contribution < -0.4 is 11.1 Å². The summed E-state index contributed by atoms with van der Waals surface area (Å²) in [5.41, 5.74) is 9.09. The van der Waals surface area contributed by atoms with Gasteiger partial charge in [-0.3, -0.25) is 9.89 Å². The van der Waals surface area contributed by atoms with E-state index >= 15 is 0 Å². The molecule has 3 aromatic rings. The Morgan fingerprint density at radius 3 is 2.72 bits per heavy atom. The van der Waals surface area contributed by atoms with Crippen molar-refractivity contribution in [3.63, 3.8) is 0 Å². The molecule has 1 aliphatic carbocycles. The average molecular weight is 337 g/mol. The highest BCUT2D eigenvalue weighted by Crippen LogP contribution is 2.27. The minimum atomic E-state index is -0.145. The van der Waals surface area contributed by atoms with Gasteiger partial charge in [0.2, 0.25) is 0 Å². The second-order valence-electron chi connectivity index (χ2n) is 6.54. The zero-order valence-corrected chi connectivity index (χ0v) is 13.8. The molecule has 7 nitrogen and oxygen atoms in total. The number of phenols is 1. The van der Waals surface area contributed by atoms with Gasteiger partial charge in [-0.2, -0.15) is 5.10 Å². The molecule has 128 valence electrons. The number of amides is 1. The number of aromatic nitrogens is 3. The first-order chi connectivity index (χ1) is 12.0. The summed E-state index contributed by atoms with van der Waals surface area (Å²) >= 11 is 0. The Bertz CT molecular complexity index is 942. The maximum Gasteiger partial charge on any atom is 0.252 e. The largest absolute Gasteiger partial charge is 0.508 e. The molecule has 0 radical (unpaired) electrons. The third-order valence-corrected chi connectivity index (χ3v) is 4.63. The number of carbonyl (C=O) groups excluding carboxylic acids is 1. The Balaban J connectivity index is 1.76. The molecule has 0 spiro atoms. The van der Waals surface area contributed by atoms with Crippen LogP contribution in [0.5, 0.6) is 5.75 Å². The molecule has 5 N–H and O–H groups in total. The first-order valence-corrected chi connectivity index (χ1v) is 8.23. The molecule has 2 aromatic heterocycles. The third kappa shape index (κ3) is 2.83.